The van der Waals surface area contributed by atoms with E-state index in [2.05, 4.69) is 36.7 Å². The van der Waals surface area contributed by atoms with Gasteiger partial charge in [0.15, 0.2) is 0 Å². The Morgan fingerprint density at radius 2 is 1.83 bits per heavy atom. The number of anilines is 2. The van der Waals surface area contributed by atoms with Gasteiger partial charge in [-0.25, -0.2) is 4.79 Å². The topological polar surface area (TPSA) is 96.2 Å². The van der Waals surface area contributed by atoms with E-state index in [1.807, 2.05) is 6.92 Å². The number of halogens is 1. The molecule has 6 nitrogen and oxygen atoms in total. The molecule has 0 spiro atoms. The first-order valence-corrected chi connectivity index (χ1v) is 10.8. The van der Waals surface area contributed by atoms with E-state index in [4.69, 9.17) is 17.3 Å². The minimum atomic E-state index is -0.535. The molecule has 0 aliphatic carbocycles. The number of nitrogens with one attached hydrogen (secondary N) is 3. The summed E-state index contributed by atoms with van der Waals surface area (Å²) in [4.78, 5) is 25.9. The summed E-state index contributed by atoms with van der Waals surface area (Å²) in [6.45, 7) is 8.49. The van der Waals surface area contributed by atoms with Gasteiger partial charge in [-0.15, -0.1) is 11.3 Å². The van der Waals surface area contributed by atoms with Gasteiger partial charge in [0.1, 0.15) is 5.00 Å². The molecule has 1 saturated heterocycles. The minimum absolute atomic E-state index is 0.0101. The maximum atomic E-state index is 12.5. The van der Waals surface area contributed by atoms with Crippen molar-refractivity contribution in [3.8, 4) is 0 Å². The zero-order valence-corrected chi connectivity index (χ0v) is 18.7. The van der Waals surface area contributed by atoms with E-state index in [-0.39, 0.29) is 11.1 Å². The number of nitrogens with two attached hydrogens (primary N) is 1. The molecule has 1 atom stereocenters. The predicted molar refractivity (Wildman–Crippen MR) is 120 cm³/mol. The highest BCUT2D eigenvalue weighted by Crippen LogP contribution is 2.46. The van der Waals surface area contributed by atoms with Crippen LogP contribution >= 0.6 is 22.9 Å². The molecular formula is C21H27ClN4O2S. The lowest BCUT2D eigenvalue weighted by Crippen LogP contribution is -2.43. The third-order valence-electron chi connectivity index (χ3n) is 5.30. The number of urea groups is 1. The maximum Gasteiger partial charge on any atom is 0.324 e. The number of carbonyl (C=O) groups is 2. The Bertz CT molecular complexity index is 939. The van der Waals surface area contributed by atoms with Gasteiger partial charge in [0.25, 0.3) is 5.91 Å². The normalized spacial score (nSPS) is 20.4. The molecule has 1 aromatic heterocycles. The van der Waals surface area contributed by atoms with Crippen molar-refractivity contribution in [3.63, 3.8) is 0 Å². The molecule has 5 N–H and O–H groups in total. The summed E-state index contributed by atoms with van der Waals surface area (Å²) in [5.74, 6) is -0.535. The second-order valence-corrected chi connectivity index (χ2v) is 9.72. The molecule has 1 aliphatic heterocycles. The van der Waals surface area contributed by atoms with Gasteiger partial charge in [0.2, 0.25) is 0 Å². The molecule has 1 unspecified atom stereocenters. The molecule has 0 radical (unpaired) electrons. The van der Waals surface area contributed by atoms with E-state index in [9.17, 15) is 9.59 Å². The van der Waals surface area contributed by atoms with E-state index < -0.39 is 11.9 Å². The molecule has 2 aromatic rings. The van der Waals surface area contributed by atoms with Crippen LogP contribution in [0.5, 0.6) is 0 Å². The minimum Gasteiger partial charge on any atom is -0.365 e. The van der Waals surface area contributed by atoms with Crippen molar-refractivity contribution in [2.24, 2.45) is 5.73 Å². The van der Waals surface area contributed by atoms with Gasteiger partial charge in [0, 0.05) is 21.1 Å². The Morgan fingerprint density at radius 1 is 1.17 bits per heavy atom. The zero-order chi connectivity index (χ0) is 21.4. The average molecular weight is 435 g/mol. The van der Waals surface area contributed by atoms with Crippen LogP contribution in [0.3, 0.4) is 0 Å². The second kappa shape index (κ2) is 7.97. The van der Waals surface area contributed by atoms with Crippen LogP contribution in [-0.2, 0) is 12.0 Å². The van der Waals surface area contributed by atoms with Crippen molar-refractivity contribution < 1.29 is 9.59 Å². The quantitative estimate of drug-likeness (QED) is 0.528. The third kappa shape index (κ3) is 4.57. The largest absolute Gasteiger partial charge is 0.365 e. The fourth-order valence-corrected chi connectivity index (χ4v) is 5.55. The summed E-state index contributed by atoms with van der Waals surface area (Å²) in [5.41, 5.74) is 7.35. The highest BCUT2D eigenvalue weighted by Gasteiger charge is 2.43. The molecular weight excluding hydrogens is 408 g/mol. The fraction of sp³-hybridized carbons (Fsp3) is 0.429. The number of primary amides is 1. The van der Waals surface area contributed by atoms with Gasteiger partial charge in [-0.3, -0.25) is 10.1 Å². The van der Waals surface area contributed by atoms with Gasteiger partial charge in [0.05, 0.1) is 11.1 Å². The van der Waals surface area contributed by atoms with Gasteiger partial charge in [-0.1, -0.05) is 18.5 Å². The lowest BCUT2D eigenvalue weighted by atomic mass is 9.92. The summed E-state index contributed by atoms with van der Waals surface area (Å²) >= 11 is 7.30. The number of carbonyl (C=O) groups excluding carboxylic acids is 2. The molecule has 0 saturated carbocycles. The highest BCUT2D eigenvalue weighted by molar-refractivity contribution is 7.17. The molecule has 1 aliphatic rings. The highest BCUT2D eigenvalue weighted by atomic mass is 35.5. The van der Waals surface area contributed by atoms with Crippen LogP contribution in [-0.4, -0.2) is 17.5 Å². The number of thiophene rings is 1. The molecule has 3 amide bonds. The molecule has 3 rings (SSSR count). The SMILES string of the molecule is CCc1c(C2(C)CCC(C)(C)N2)sc(NC(=O)Nc2ccc(Cl)cc2)c1C(N)=O. The lowest BCUT2D eigenvalue weighted by Gasteiger charge is -2.29. The van der Waals surface area contributed by atoms with Crippen LogP contribution in [0.1, 0.15) is 61.3 Å². The number of amides is 3. The number of rotatable bonds is 5. The van der Waals surface area contributed by atoms with E-state index in [0.29, 0.717) is 27.7 Å². The van der Waals surface area contributed by atoms with Crippen molar-refractivity contribution in [1.82, 2.24) is 5.32 Å². The summed E-state index contributed by atoms with van der Waals surface area (Å²) in [5, 5.41) is 10.3. The number of hydrogen-bond acceptors (Lipinski definition) is 4. The summed E-state index contributed by atoms with van der Waals surface area (Å²) in [6, 6.07) is 6.37. The van der Waals surface area contributed by atoms with Crippen LogP contribution in [0.25, 0.3) is 0 Å². The van der Waals surface area contributed by atoms with Gasteiger partial charge in [-0.2, -0.15) is 0 Å². The summed E-state index contributed by atoms with van der Waals surface area (Å²) in [7, 11) is 0. The van der Waals surface area contributed by atoms with Crippen LogP contribution in [0.15, 0.2) is 24.3 Å². The van der Waals surface area contributed by atoms with Gasteiger partial charge >= 0.3 is 6.03 Å². The van der Waals surface area contributed by atoms with Crippen molar-refractivity contribution in [3.05, 3.63) is 45.3 Å². The molecule has 1 fully saturated rings. The first-order chi connectivity index (χ1) is 13.5. The van der Waals surface area contributed by atoms with Crippen LogP contribution in [0.2, 0.25) is 5.02 Å². The van der Waals surface area contributed by atoms with E-state index >= 15 is 0 Å². The fourth-order valence-electron chi connectivity index (χ4n) is 4.00. The Hall–Kier alpha value is -2.09. The zero-order valence-electron chi connectivity index (χ0n) is 17.1. The molecule has 1 aromatic carbocycles. The molecule has 29 heavy (non-hydrogen) atoms. The van der Waals surface area contributed by atoms with Crippen molar-refractivity contribution in [2.45, 2.75) is 58.0 Å². The Labute approximate surface area is 180 Å². The van der Waals surface area contributed by atoms with Gasteiger partial charge in [-0.05, 0) is 69.9 Å². The predicted octanol–water partition coefficient (Wildman–Crippen LogP) is 5.08. The molecule has 2 heterocycles. The van der Waals surface area contributed by atoms with Crippen LogP contribution in [0, 0.1) is 0 Å². The van der Waals surface area contributed by atoms with E-state index in [1.54, 1.807) is 24.3 Å². The lowest BCUT2D eigenvalue weighted by molar-refractivity contribution is 0.100. The van der Waals surface area contributed by atoms with Crippen molar-refractivity contribution >= 4 is 45.6 Å². The number of benzene rings is 1. The monoisotopic (exact) mass is 434 g/mol. The molecule has 8 heteroatoms. The molecule has 0 bridgehead atoms. The summed E-state index contributed by atoms with van der Waals surface area (Å²) in [6.07, 6.45) is 2.63. The van der Waals surface area contributed by atoms with Gasteiger partial charge < -0.3 is 16.4 Å². The standard InChI is InChI=1S/C21H27ClN4O2S/c1-5-14-15(17(23)27)18(25-19(28)24-13-8-6-12(22)7-9-13)29-16(14)21(4)11-10-20(2,3)26-21/h6-9,26H,5,10-11H2,1-4H3,(H2,23,27)(H2,24,25,28). The average Bonchev–Trinajstić information content (AvgIpc) is 3.14. The van der Waals surface area contributed by atoms with Crippen LogP contribution < -0.4 is 21.7 Å². The maximum absolute atomic E-state index is 12.5. The van der Waals surface area contributed by atoms with E-state index in [1.165, 1.54) is 11.3 Å². The summed E-state index contributed by atoms with van der Waals surface area (Å²) < 4.78 is 0. The Kier molecular flexibility index (Phi) is 5.94. The smallest absolute Gasteiger partial charge is 0.324 e. The first kappa shape index (κ1) is 21.6. The number of hydrogen-bond donors (Lipinski definition) is 4. The second-order valence-electron chi connectivity index (χ2n) is 8.26. The Morgan fingerprint density at radius 3 is 2.34 bits per heavy atom. The van der Waals surface area contributed by atoms with Crippen molar-refractivity contribution in [1.29, 1.82) is 0 Å². The van der Waals surface area contributed by atoms with Crippen LogP contribution in [0.4, 0.5) is 15.5 Å². The first-order valence-electron chi connectivity index (χ1n) is 9.63. The third-order valence-corrected chi connectivity index (χ3v) is 6.96. The van der Waals surface area contributed by atoms with E-state index in [0.717, 1.165) is 23.3 Å². The Balaban J connectivity index is 1.92. The van der Waals surface area contributed by atoms with Crippen molar-refractivity contribution in [2.75, 3.05) is 10.6 Å². The molecule has 156 valence electrons.